The highest BCUT2D eigenvalue weighted by Gasteiger charge is 2.51. The molecule has 0 saturated carbocycles. The molecule has 9 aromatic carbocycles. The molecule has 0 aromatic heterocycles. The minimum atomic E-state index is -0.562. The van der Waals surface area contributed by atoms with Gasteiger partial charge in [0.25, 0.3) is 0 Å². The Morgan fingerprint density at radius 1 is 0.377 bits per heavy atom. The Kier molecular flexibility index (Phi) is 7.79. The van der Waals surface area contributed by atoms with Gasteiger partial charge in [0.2, 0.25) is 0 Å². The van der Waals surface area contributed by atoms with Crippen LogP contribution < -0.4 is 14.5 Å². The number of fused-ring (bicyclic) bond motifs is 11. The molecule has 0 bridgehead atoms. The molecule has 2 aliphatic heterocycles. The second kappa shape index (κ2) is 13.5. The van der Waals surface area contributed by atoms with E-state index in [1.807, 2.05) is 0 Å². The maximum Gasteiger partial charge on any atom is 0.132 e. The molecule has 3 heteroatoms. The predicted molar refractivity (Wildman–Crippen MR) is 251 cm³/mol. The molecule has 3 aliphatic rings. The zero-order chi connectivity index (χ0) is 40.7. The fraction of sp³-hybridized carbons (Fsp3) is 0.0690. The zero-order valence-corrected chi connectivity index (χ0v) is 34.1. The predicted octanol–water partition coefficient (Wildman–Crippen LogP) is 15.4. The monoisotopic (exact) mass is 782 g/mol. The van der Waals surface area contributed by atoms with E-state index in [-0.39, 0.29) is 5.41 Å². The lowest BCUT2D eigenvalue weighted by atomic mass is 9.66. The summed E-state index contributed by atoms with van der Waals surface area (Å²) in [6.07, 6.45) is 0. The number of ether oxygens (including phenoxy) is 1. The molecule has 0 unspecified atom stereocenters. The van der Waals surface area contributed by atoms with E-state index in [0.717, 1.165) is 45.4 Å². The third-order valence-electron chi connectivity index (χ3n) is 13.3. The van der Waals surface area contributed by atoms with E-state index in [1.54, 1.807) is 0 Å². The van der Waals surface area contributed by atoms with Crippen LogP contribution in [-0.2, 0) is 10.8 Å². The largest absolute Gasteiger partial charge is 0.457 e. The van der Waals surface area contributed by atoms with Gasteiger partial charge < -0.3 is 14.5 Å². The molecule has 0 saturated heterocycles. The summed E-state index contributed by atoms with van der Waals surface area (Å²) >= 11 is 0. The van der Waals surface area contributed by atoms with Crippen molar-refractivity contribution in [3.05, 3.63) is 252 Å². The lowest BCUT2D eigenvalue weighted by molar-refractivity contribution is 0.436. The van der Waals surface area contributed by atoms with E-state index in [2.05, 4.69) is 242 Å². The van der Waals surface area contributed by atoms with Crippen LogP contribution in [0.2, 0.25) is 0 Å². The van der Waals surface area contributed by atoms with Gasteiger partial charge in [-0.3, -0.25) is 0 Å². The number of anilines is 6. The van der Waals surface area contributed by atoms with Crippen molar-refractivity contribution in [2.24, 2.45) is 0 Å². The average Bonchev–Trinajstić information content (AvgIpc) is 3.60. The normalized spacial score (nSPS) is 14.4. The van der Waals surface area contributed by atoms with Gasteiger partial charge in [0.1, 0.15) is 11.5 Å². The molecule has 0 fully saturated rings. The summed E-state index contributed by atoms with van der Waals surface area (Å²) in [6, 6.07) is 79.6. The van der Waals surface area contributed by atoms with Crippen LogP contribution in [0.15, 0.2) is 218 Å². The Balaban J connectivity index is 1.05. The molecule has 290 valence electrons. The van der Waals surface area contributed by atoms with Gasteiger partial charge in [0, 0.05) is 39.3 Å². The molecule has 12 rings (SSSR count). The summed E-state index contributed by atoms with van der Waals surface area (Å²) < 4.78 is 6.66. The number of nitrogens with zero attached hydrogens (tertiary/aromatic N) is 2. The minimum Gasteiger partial charge on any atom is -0.457 e. The standard InChI is InChI=1S/C58H42N2O/c1-57(2)48-23-11-14-26-53(48)60(42-31-29-40(30-32-42)39-17-5-3-6-18-39)54-36-34-44(38-52(54)57)59(41-19-7-4-8-20-41)43-33-35-46-45-21-9-10-22-47(45)58(51(46)37-43)49-24-12-15-27-55(49)61-56-28-16-13-25-50(56)58/h3-38H,1-2H3. The van der Waals surface area contributed by atoms with E-state index in [0.29, 0.717) is 0 Å². The average molecular weight is 783 g/mol. The first-order valence-corrected chi connectivity index (χ1v) is 21.2. The fourth-order valence-corrected chi connectivity index (χ4v) is 10.5. The van der Waals surface area contributed by atoms with Crippen LogP contribution in [0.3, 0.4) is 0 Å². The van der Waals surface area contributed by atoms with Gasteiger partial charge in [-0.15, -0.1) is 0 Å². The molecule has 0 radical (unpaired) electrons. The van der Waals surface area contributed by atoms with Crippen LogP contribution in [0.25, 0.3) is 22.3 Å². The molecule has 0 N–H and O–H groups in total. The Morgan fingerprint density at radius 2 is 0.885 bits per heavy atom. The Bertz CT molecular complexity index is 3100. The summed E-state index contributed by atoms with van der Waals surface area (Å²) in [5.41, 5.74) is 18.4. The lowest BCUT2D eigenvalue weighted by Crippen LogP contribution is -2.32. The Labute approximate surface area is 357 Å². The van der Waals surface area contributed by atoms with E-state index < -0.39 is 5.41 Å². The van der Waals surface area contributed by atoms with Crippen molar-refractivity contribution >= 4 is 34.1 Å². The van der Waals surface area contributed by atoms with Crippen molar-refractivity contribution in [1.82, 2.24) is 0 Å². The van der Waals surface area contributed by atoms with Gasteiger partial charge in [-0.05, 0) is 117 Å². The van der Waals surface area contributed by atoms with E-state index in [9.17, 15) is 0 Å². The lowest BCUT2D eigenvalue weighted by Gasteiger charge is -2.43. The summed E-state index contributed by atoms with van der Waals surface area (Å²) in [4.78, 5) is 4.88. The topological polar surface area (TPSA) is 15.7 Å². The van der Waals surface area contributed by atoms with Crippen LogP contribution in [0.5, 0.6) is 11.5 Å². The van der Waals surface area contributed by atoms with Gasteiger partial charge in [0.05, 0.1) is 16.8 Å². The van der Waals surface area contributed by atoms with Crippen LogP contribution in [0.4, 0.5) is 34.1 Å². The van der Waals surface area contributed by atoms with Gasteiger partial charge in [-0.1, -0.05) is 159 Å². The molecular formula is C58H42N2O. The van der Waals surface area contributed by atoms with Crippen molar-refractivity contribution in [1.29, 1.82) is 0 Å². The first-order valence-electron chi connectivity index (χ1n) is 21.2. The van der Waals surface area contributed by atoms with E-state index >= 15 is 0 Å². The summed E-state index contributed by atoms with van der Waals surface area (Å²) in [5, 5.41) is 0. The van der Waals surface area contributed by atoms with Gasteiger partial charge in [-0.2, -0.15) is 0 Å². The second-order valence-electron chi connectivity index (χ2n) is 16.9. The van der Waals surface area contributed by atoms with Crippen LogP contribution in [-0.4, -0.2) is 0 Å². The van der Waals surface area contributed by atoms with Crippen LogP contribution >= 0.6 is 0 Å². The third-order valence-corrected chi connectivity index (χ3v) is 13.3. The van der Waals surface area contributed by atoms with Crippen LogP contribution in [0.1, 0.15) is 47.2 Å². The molecular weight excluding hydrogens is 741 g/mol. The molecule has 9 aromatic rings. The van der Waals surface area contributed by atoms with Gasteiger partial charge in [0.15, 0.2) is 0 Å². The first-order chi connectivity index (χ1) is 30.0. The van der Waals surface area contributed by atoms with E-state index in [4.69, 9.17) is 4.74 Å². The highest BCUT2D eigenvalue weighted by Crippen LogP contribution is 2.63. The first kappa shape index (κ1) is 35.3. The van der Waals surface area contributed by atoms with E-state index in [1.165, 1.54) is 55.9 Å². The molecule has 3 nitrogen and oxygen atoms in total. The van der Waals surface area contributed by atoms with Gasteiger partial charge >= 0.3 is 0 Å². The van der Waals surface area contributed by atoms with Gasteiger partial charge in [-0.25, -0.2) is 0 Å². The third kappa shape index (κ3) is 5.17. The Morgan fingerprint density at radius 3 is 1.59 bits per heavy atom. The molecule has 1 aliphatic carbocycles. The minimum absolute atomic E-state index is 0.274. The quantitative estimate of drug-likeness (QED) is 0.173. The zero-order valence-electron chi connectivity index (χ0n) is 34.1. The number of para-hydroxylation sites is 4. The van der Waals surface area contributed by atoms with Crippen molar-refractivity contribution in [3.63, 3.8) is 0 Å². The highest BCUT2D eigenvalue weighted by atomic mass is 16.5. The fourth-order valence-electron chi connectivity index (χ4n) is 10.5. The Hall–Kier alpha value is -7.62. The molecule has 0 amide bonds. The second-order valence-corrected chi connectivity index (χ2v) is 16.9. The maximum absolute atomic E-state index is 6.66. The maximum atomic E-state index is 6.66. The van der Waals surface area contributed by atoms with Crippen molar-refractivity contribution < 1.29 is 4.74 Å². The number of rotatable bonds is 5. The van der Waals surface area contributed by atoms with Crippen molar-refractivity contribution in [2.45, 2.75) is 24.7 Å². The number of hydrogen-bond acceptors (Lipinski definition) is 3. The SMILES string of the molecule is CC1(C)c2ccccc2N(c2ccc(-c3ccccc3)cc2)c2ccc(N(c3ccccc3)c3ccc4c(c3)C3(c5ccccc5Oc5ccccc53)c3ccccc3-4)cc21. The number of hydrogen-bond donors (Lipinski definition) is 0. The number of benzene rings is 9. The molecule has 2 heterocycles. The van der Waals surface area contributed by atoms with Crippen molar-refractivity contribution in [2.75, 3.05) is 9.80 Å². The summed E-state index contributed by atoms with van der Waals surface area (Å²) in [6.45, 7) is 4.74. The van der Waals surface area contributed by atoms with Crippen molar-refractivity contribution in [3.8, 4) is 33.8 Å². The molecule has 1 spiro atoms. The molecule has 61 heavy (non-hydrogen) atoms. The van der Waals surface area contributed by atoms with Crippen LogP contribution in [0, 0.1) is 0 Å². The highest BCUT2D eigenvalue weighted by molar-refractivity contribution is 5.93. The smallest absolute Gasteiger partial charge is 0.132 e. The molecule has 0 atom stereocenters. The summed E-state index contributed by atoms with van der Waals surface area (Å²) in [5.74, 6) is 1.79. The summed E-state index contributed by atoms with van der Waals surface area (Å²) in [7, 11) is 0.